The molecule has 0 aromatic rings. The highest BCUT2D eigenvalue weighted by atomic mass is 16.2. The van der Waals surface area contributed by atoms with Gasteiger partial charge in [0.05, 0.1) is 6.04 Å². The van der Waals surface area contributed by atoms with Crippen molar-refractivity contribution in [3.8, 4) is 0 Å². The minimum absolute atomic E-state index is 0.0264. The Morgan fingerprint density at radius 3 is 2.20 bits per heavy atom. The third kappa shape index (κ3) is 3.51. The number of nitrogens with two attached hydrogens (primary N) is 1. The summed E-state index contributed by atoms with van der Waals surface area (Å²) in [6.45, 7) is 1.55. The summed E-state index contributed by atoms with van der Waals surface area (Å²) in [5.41, 5.74) is 6.18. The topological polar surface area (TPSA) is 75.4 Å². The SMILES string of the molecule is CC(=O)NC1CCC([C@H](N)C(=O)N(C)C2CCC2)CC1. The van der Waals surface area contributed by atoms with E-state index in [0.29, 0.717) is 6.04 Å². The third-order valence-electron chi connectivity index (χ3n) is 4.94. The van der Waals surface area contributed by atoms with Gasteiger partial charge in [0.1, 0.15) is 0 Å². The molecule has 1 atom stereocenters. The van der Waals surface area contributed by atoms with Crippen molar-refractivity contribution in [3.63, 3.8) is 0 Å². The highest BCUT2D eigenvalue weighted by molar-refractivity contribution is 5.82. The van der Waals surface area contributed by atoms with Crippen LogP contribution in [0.2, 0.25) is 0 Å². The van der Waals surface area contributed by atoms with E-state index >= 15 is 0 Å². The standard InChI is InChI=1S/C15H27N3O2/c1-10(19)17-12-8-6-11(7-9-12)14(16)15(20)18(2)13-4-3-5-13/h11-14H,3-9,16H2,1-2H3,(H,17,19)/t11?,12?,14-/m0/s1. The van der Waals surface area contributed by atoms with Crippen molar-refractivity contribution in [1.29, 1.82) is 0 Å². The summed E-state index contributed by atoms with van der Waals surface area (Å²) in [7, 11) is 1.88. The van der Waals surface area contributed by atoms with Crippen molar-refractivity contribution in [1.82, 2.24) is 10.2 Å². The monoisotopic (exact) mass is 281 g/mol. The number of carbonyl (C=O) groups is 2. The molecule has 0 spiro atoms. The number of likely N-dealkylation sites (N-methyl/N-ethyl adjacent to an activating group) is 1. The lowest BCUT2D eigenvalue weighted by Crippen LogP contribution is -2.52. The molecule has 0 aromatic heterocycles. The average molecular weight is 281 g/mol. The van der Waals surface area contributed by atoms with E-state index in [0.717, 1.165) is 38.5 Å². The van der Waals surface area contributed by atoms with E-state index < -0.39 is 0 Å². The van der Waals surface area contributed by atoms with E-state index in [1.165, 1.54) is 6.42 Å². The number of carbonyl (C=O) groups excluding carboxylic acids is 2. The van der Waals surface area contributed by atoms with E-state index in [-0.39, 0.29) is 29.8 Å². The molecule has 2 fully saturated rings. The zero-order valence-electron chi connectivity index (χ0n) is 12.6. The molecule has 0 heterocycles. The van der Waals surface area contributed by atoms with E-state index in [2.05, 4.69) is 5.32 Å². The number of nitrogens with one attached hydrogen (secondary N) is 1. The van der Waals surface area contributed by atoms with Crippen molar-refractivity contribution in [2.75, 3.05) is 7.05 Å². The first kappa shape index (κ1) is 15.3. The lowest BCUT2D eigenvalue weighted by Gasteiger charge is -2.38. The van der Waals surface area contributed by atoms with Crippen LogP contribution >= 0.6 is 0 Å². The Labute approximate surface area is 121 Å². The maximum Gasteiger partial charge on any atom is 0.239 e. The average Bonchev–Trinajstić information content (AvgIpc) is 2.35. The number of rotatable bonds is 4. The third-order valence-corrected chi connectivity index (χ3v) is 4.94. The van der Waals surface area contributed by atoms with E-state index in [4.69, 9.17) is 5.73 Å². The maximum atomic E-state index is 12.4. The van der Waals surface area contributed by atoms with Crippen molar-refractivity contribution in [3.05, 3.63) is 0 Å². The molecule has 2 amide bonds. The molecule has 2 aliphatic rings. The van der Waals surface area contributed by atoms with Crippen LogP contribution in [0.3, 0.4) is 0 Å². The molecule has 2 aliphatic carbocycles. The molecule has 5 heteroatoms. The zero-order chi connectivity index (χ0) is 14.7. The van der Waals surface area contributed by atoms with Gasteiger partial charge in [-0.15, -0.1) is 0 Å². The fourth-order valence-corrected chi connectivity index (χ4v) is 3.30. The predicted molar refractivity (Wildman–Crippen MR) is 77.9 cm³/mol. The molecule has 0 aromatic carbocycles. The van der Waals surface area contributed by atoms with Crippen molar-refractivity contribution in [2.24, 2.45) is 11.7 Å². The van der Waals surface area contributed by atoms with Gasteiger partial charge >= 0.3 is 0 Å². The first-order valence-corrected chi connectivity index (χ1v) is 7.78. The molecule has 2 saturated carbocycles. The Balaban J connectivity index is 1.80. The summed E-state index contributed by atoms with van der Waals surface area (Å²) in [5.74, 6) is 0.381. The minimum atomic E-state index is -0.376. The Bertz CT molecular complexity index is 360. The highest BCUT2D eigenvalue weighted by Gasteiger charge is 2.34. The molecule has 0 aliphatic heterocycles. The fourth-order valence-electron chi connectivity index (χ4n) is 3.30. The van der Waals surface area contributed by atoms with Gasteiger partial charge in [0.2, 0.25) is 11.8 Å². The van der Waals surface area contributed by atoms with Crippen LogP contribution in [0.4, 0.5) is 0 Å². The molecule has 5 nitrogen and oxygen atoms in total. The van der Waals surface area contributed by atoms with Crippen molar-refractivity contribution in [2.45, 2.75) is 70.0 Å². The Morgan fingerprint density at radius 2 is 1.75 bits per heavy atom. The normalized spacial score (nSPS) is 28.4. The first-order chi connectivity index (χ1) is 9.49. The smallest absolute Gasteiger partial charge is 0.239 e. The number of hydrogen-bond donors (Lipinski definition) is 2. The lowest BCUT2D eigenvalue weighted by molar-refractivity contribution is -0.136. The van der Waals surface area contributed by atoms with Crippen LogP contribution in [0.25, 0.3) is 0 Å². The Morgan fingerprint density at radius 1 is 1.15 bits per heavy atom. The summed E-state index contributed by atoms with van der Waals surface area (Å²) in [6, 6.07) is 0.290. The van der Waals surface area contributed by atoms with Gasteiger partial charge in [-0.2, -0.15) is 0 Å². The molecule has 20 heavy (non-hydrogen) atoms. The van der Waals surface area contributed by atoms with Gasteiger partial charge in [0, 0.05) is 26.1 Å². The number of nitrogens with zero attached hydrogens (tertiary/aromatic N) is 1. The van der Waals surface area contributed by atoms with Crippen LogP contribution in [0.1, 0.15) is 51.9 Å². The quantitative estimate of drug-likeness (QED) is 0.808. The summed E-state index contributed by atoms with van der Waals surface area (Å²) in [5, 5.41) is 2.95. The van der Waals surface area contributed by atoms with Gasteiger partial charge in [-0.1, -0.05) is 0 Å². The summed E-state index contributed by atoms with van der Waals surface area (Å²) in [6.07, 6.45) is 7.16. The second-order valence-electron chi connectivity index (χ2n) is 6.37. The van der Waals surface area contributed by atoms with Crippen molar-refractivity contribution < 1.29 is 9.59 Å². The largest absolute Gasteiger partial charge is 0.354 e. The molecular formula is C15H27N3O2. The molecule has 0 unspecified atom stereocenters. The van der Waals surface area contributed by atoms with Crippen LogP contribution in [0, 0.1) is 5.92 Å². The zero-order valence-corrected chi connectivity index (χ0v) is 12.6. The summed E-state index contributed by atoms with van der Waals surface area (Å²) >= 11 is 0. The van der Waals surface area contributed by atoms with Crippen LogP contribution in [-0.4, -0.2) is 41.9 Å². The second-order valence-corrected chi connectivity index (χ2v) is 6.37. The number of amides is 2. The van der Waals surface area contributed by atoms with E-state index in [1.54, 1.807) is 6.92 Å². The van der Waals surface area contributed by atoms with Gasteiger partial charge in [0.15, 0.2) is 0 Å². The molecule has 0 radical (unpaired) electrons. The summed E-state index contributed by atoms with van der Waals surface area (Å²) < 4.78 is 0. The summed E-state index contributed by atoms with van der Waals surface area (Å²) in [4.78, 5) is 25.3. The minimum Gasteiger partial charge on any atom is -0.354 e. The van der Waals surface area contributed by atoms with Gasteiger partial charge < -0.3 is 16.0 Å². The van der Waals surface area contributed by atoms with Gasteiger partial charge in [-0.25, -0.2) is 0 Å². The van der Waals surface area contributed by atoms with Gasteiger partial charge in [-0.3, -0.25) is 9.59 Å². The molecular weight excluding hydrogens is 254 g/mol. The van der Waals surface area contributed by atoms with E-state index in [9.17, 15) is 9.59 Å². The first-order valence-electron chi connectivity index (χ1n) is 7.78. The van der Waals surface area contributed by atoms with Gasteiger partial charge in [0.25, 0.3) is 0 Å². The molecule has 0 bridgehead atoms. The Kier molecular flexibility index (Phi) is 5.02. The predicted octanol–water partition coefficient (Wildman–Crippen LogP) is 1.02. The molecule has 2 rings (SSSR count). The van der Waals surface area contributed by atoms with Gasteiger partial charge in [-0.05, 0) is 50.9 Å². The van der Waals surface area contributed by atoms with Crippen molar-refractivity contribution >= 4 is 11.8 Å². The highest BCUT2D eigenvalue weighted by Crippen LogP contribution is 2.29. The fraction of sp³-hybridized carbons (Fsp3) is 0.867. The maximum absolute atomic E-state index is 12.4. The number of hydrogen-bond acceptors (Lipinski definition) is 3. The van der Waals surface area contributed by atoms with Crippen LogP contribution in [0.5, 0.6) is 0 Å². The van der Waals surface area contributed by atoms with Crippen LogP contribution in [0.15, 0.2) is 0 Å². The van der Waals surface area contributed by atoms with Crippen LogP contribution in [-0.2, 0) is 9.59 Å². The molecule has 114 valence electrons. The van der Waals surface area contributed by atoms with Crippen LogP contribution < -0.4 is 11.1 Å². The molecule has 0 saturated heterocycles. The lowest BCUT2D eigenvalue weighted by atomic mass is 9.81. The second kappa shape index (κ2) is 6.57. The Hall–Kier alpha value is -1.10. The van der Waals surface area contributed by atoms with E-state index in [1.807, 2.05) is 11.9 Å². The molecule has 3 N–H and O–H groups in total.